The van der Waals surface area contributed by atoms with Crippen molar-refractivity contribution >= 4 is 0 Å². The molecule has 19 heavy (non-hydrogen) atoms. The number of hydrogen-bond donors (Lipinski definition) is 1. The van der Waals surface area contributed by atoms with Gasteiger partial charge >= 0.3 is 0 Å². The molecular weight excluding hydrogens is 238 g/mol. The first kappa shape index (κ1) is 16.2. The maximum absolute atomic E-state index is 6.42. The van der Waals surface area contributed by atoms with Gasteiger partial charge in [0.05, 0.1) is 11.3 Å². The highest BCUT2D eigenvalue weighted by Crippen LogP contribution is 2.25. The summed E-state index contributed by atoms with van der Waals surface area (Å²) in [7, 11) is 1.77. The molecule has 0 aliphatic heterocycles. The first-order valence-electron chi connectivity index (χ1n) is 7.43. The Labute approximate surface area is 117 Å². The van der Waals surface area contributed by atoms with Gasteiger partial charge in [0.1, 0.15) is 0 Å². The minimum absolute atomic E-state index is 0.000735. The maximum atomic E-state index is 6.42. The molecule has 0 aromatic carbocycles. The second-order valence-corrected chi connectivity index (χ2v) is 5.08. The lowest BCUT2D eigenvalue weighted by molar-refractivity contribution is -0.0378. The van der Waals surface area contributed by atoms with Gasteiger partial charge in [-0.3, -0.25) is 4.68 Å². The van der Waals surface area contributed by atoms with E-state index in [9.17, 15) is 0 Å². The standard InChI is InChI=1S/C15H29N3O/c1-6-12-10-13(18(9-4)17-12)11-14(16)15(7-2,8-3)19-5/h10,14H,6-9,11,16H2,1-5H3. The Morgan fingerprint density at radius 1 is 1.32 bits per heavy atom. The number of methoxy groups -OCH3 is 1. The van der Waals surface area contributed by atoms with Crippen LogP contribution in [0.1, 0.15) is 51.9 Å². The van der Waals surface area contributed by atoms with Crippen molar-refractivity contribution in [1.29, 1.82) is 0 Å². The van der Waals surface area contributed by atoms with Gasteiger partial charge in [0.2, 0.25) is 0 Å². The molecule has 4 nitrogen and oxygen atoms in total. The SMILES string of the molecule is CCc1cc(CC(N)C(CC)(CC)OC)n(CC)n1. The van der Waals surface area contributed by atoms with Crippen molar-refractivity contribution in [3.8, 4) is 0 Å². The number of hydrogen-bond acceptors (Lipinski definition) is 3. The summed E-state index contributed by atoms with van der Waals surface area (Å²) < 4.78 is 7.78. The van der Waals surface area contributed by atoms with E-state index in [2.05, 4.69) is 43.5 Å². The summed E-state index contributed by atoms with van der Waals surface area (Å²) in [4.78, 5) is 0. The zero-order chi connectivity index (χ0) is 14.5. The van der Waals surface area contributed by atoms with Crippen molar-refractivity contribution in [3.05, 3.63) is 17.5 Å². The zero-order valence-electron chi connectivity index (χ0n) is 13.1. The smallest absolute Gasteiger partial charge is 0.0827 e. The van der Waals surface area contributed by atoms with Crippen LogP contribution in [0.25, 0.3) is 0 Å². The summed E-state index contributed by atoms with van der Waals surface area (Å²) in [5.41, 5.74) is 8.55. The first-order valence-corrected chi connectivity index (χ1v) is 7.43. The Morgan fingerprint density at radius 2 is 1.95 bits per heavy atom. The minimum atomic E-state index is -0.227. The van der Waals surface area contributed by atoms with Crippen molar-refractivity contribution in [2.75, 3.05) is 7.11 Å². The lowest BCUT2D eigenvalue weighted by atomic mass is 9.86. The van der Waals surface area contributed by atoms with E-state index < -0.39 is 0 Å². The van der Waals surface area contributed by atoms with Crippen LogP contribution in [0.15, 0.2) is 6.07 Å². The largest absolute Gasteiger partial charge is 0.377 e. The van der Waals surface area contributed by atoms with Crippen LogP contribution in [-0.2, 0) is 24.1 Å². The molecule has 1 unspecified atom stereocenters. The van der Waals surface area contributed by atoms with Crippen molar-refractivity contribution in [3.63, 3.8) is 0 Å². The third kappa shape index (κ3) is 3.37. The Bertz CT molecular complexity index is 374. The Morgan fingerprint density at radius 3 is 2.37 bits per heavy atom. The van der Waals surface area contributed by atoms with E-state index in [1.54, 1.807) is 7.11 Å². The molecule has 0 bridgehead atoms. The highest BCUT2D eigenvalue weighted by molar-refractivity contribution is 5.13. The minimum Gasteiger partial charge on any atom is -0.377 e. The predicted octanol–water partition coefficient (Wildman–Crippen LogP) is 2.54. The Balaban J connectivity index is 2.91. The van der Waals surface area contributed by atoms with E-state index in [0.29, 0.717) is 0 Å². The molecular formula is C15H29N3O. The molecule has 0 spiro atoms. The van der Waals surface area contributed by atoms with Crippen LogP contribution in [0.4, 0.5) is 0 Å². The van der Waals surface area contributed by atoms with Gasteiger partial charge < -0.3 is 10.5 Å². The van der Waals surface area contributed by atoms with E-state index in [0.717, 1.165) is 37.9 Å². The third-order valence-corrected chi connectivity index (χ3v) is 4.28. The van der Waals surface area contributed by atoms with E-state index in [1.165, 1.54) is 5.69 Å². The average molecular weight is 267 g/mol. The normalized spacial score (nSPS) is 13.8. The number of nitrogens with two attached hydrogens (primary N) is 1. The van der Waals surface area contributed by atoms with Gasteiger partial charge in [-0.25, -0.2) is 0 Å². The van der Waals surface area contributed by atoms with Crippen LogP contribution in [-0.4, -0.2) is 28.5 Å². The number of ether oxygens (including phenoxy) is 1. The van der Waals surface area contributed by atoms with E-state index in [-0.39, 0.29) is 11.6 Å². The third-order valence-electron chi connectivity index (χ3n) is 4.28. The second-order valence-electron chi connectivity index (χ2n) is 5.08. The van der Waals surface area contributed by atoms with Crippen LogP contribution in [0.3, 0.4) is 0 Å². The van der Waals surface area contributed by atoms with Crippen LogP contribution < -0.4 is 5.73 Å². The lowest BCUT2D eigenvalue weighted by Gasteiger charge is -2.36. The summed E-state index contributed by atoms with van der Waals surface area (Å²) in [6.45, 7) is 9.41. The van der Waals surface area contributed by atoms with Gasteiger partial charge in [0.15, 0.2) is 0 Å². The average Bonchev–Trinajstić information content (AvgIpc) is 2.83. The fourth-order valence-electron chi connectivity index (χ4n) is 2.75. The van der Waals surface area contributed by atoms with Gasteiger partial charge in [-0.2, -0.15) is 5.10 Å². The fourth-order valence-corrected chi connectivity index (χ4v) is 2.75. The number of nitrogens with zero attached hydrogens (tertiary/aromatic N) is 2. The molecule has 0 amide bonds. The monoisotopic (exact) mass is 267 g/mol. The summed E-state index contributed by atoms with van der Waals surface area (Å²) >= 11 is 0. The molecule has 0 fully saturated rings. The molecule has 1 aromatic heterocycles. The highest BCUT2D eigenvalue weighted by atomic mass is 16.5. The lowest BCUT2D eigenvalue weighted by Crippen LogP contribution is -2.50. The number of aromatic nitrogens is 2. The number of aryl methyl sites for hydroxylation is 2. The predicted molar refractivity (Wildman–Crippen MR) is 79.3 cm³/mol. The second kappa shape index (κ2) is 7.06. The first-order chi connectivity index (χ1) is 9.06. The van der Waals surface area contributed by atoms with Gasteiger partial charge in [-0.15, -0.1) is 0 Å². The maximum Gasteiger partial charge on any atom is 0.0827 e. The molecule has 110 valence electrons. The van der Waals surface area contributed by atoms with Crippen molar-refractivity contribution in [2.24, 2.45) is 5.73 Å². The molecule has 0 aliphatic carbocycles. The summed E-state index contributed by atoms with van der Waals surface area (Å²) in [6, 6.07) is 2.17. The summed E-state index contributed by atoms with van der Waals surface area (Å²) in [5, 5.41) is 4.58. The molecule has 2 N–H and O–H groups in total. The van der Waals surface area contributed by atoms with Gasteiger partial charge in [0.25, 0.3) is 0 Å². The fraction of sp³-hybridized carbons (Fsp3) is 0.800. The van der Waals surface area contributed by atoms with Crippen LogP contribution in [0.5, 0.6) is 0 Å². The van der Waals surface area contributed by atoms with Gasteiger partial charge in [0, 0.05) is 31.8 Å². The van der Waals surface area contributed by atoms with E-state index >= 15 is 0 Å². The molecule has 0 saturated carbocycles. The molecule has 0 radical (unpaired) electrons. The molecule has 1 heterocycles. The van der Waals surface area contributed by atoms with E-state index in [1.807, 2.05) is 0 Å². The molecule has 1 rings (SSSR count). The quantitative estimate of drug-likeness (QED) is 0.787. The molecule has 0 saturated heterocycles. The molecule has 1 aromatic rings. The van der Waals surface area contributed by atoms with Crippen LogP contribution in [0.2, 0.25) is 0 Å². The topological polar surface area (TPSA) is 53.1 Å². The molecule has 0 aliphatic rings. The van der Waals surface area contributed by atoms with Crippen molar-refractivity contribution < 1.29 is 4.74 Å². The van der Waals surface area contributed by atoms with Gasteiger partial charge in [-0.1, -0.05) is 20.8 Å². The number of rotatable bonds is 8. The highest BCUT2D eigenvalue weighted by Gasteiger charge is 2.33. The van der Waals surface area contributed by atoms with Crippen molar-refractivity contribution in [1.82, 2.24) is 9.78 Å². The summed E-state index contributed by atoms with van der Waals surface area (Å²) in [5.74, 6) is 0. The Hall–Kier alpha value is -0.870. The zero-order valence-corrected chi connectivity index (χ0v) is 13.1. The molecule has 4 heteroatoms. The van der Waals surface area contributed by atoms with Crippen molar-refractivity contribution in [2.45, 2.75) is 71.6 Å². The van der Waals surface area contributed by atoms with Crippen LogP contribution >= 0.6 is 0 Å². The van der Waals surface area contributed by atoms with Crippen LogP contribution in [0, 0.1) is 0 Å². The summed E-state index contributed by atoms with van der Waals surface area (Å²) in [6.07, 6.45) is 3.65. The van der Waals surface area contributed by atoms with Gasteiger partial charge in [-0.05, 0) is 32.3 Å². The van der Waals surface area contributed by atoms with E-state index in [4.69, 9.17) is 10.5 Å². The molecule has 1 atom stereocenters. The Kier molecular flexibility index (Phi) is 6.01.